The molecule has 0 radical (unpaired) electrons. The van der Waals surface area contributed by atoms with E-state index in [1.54, 1.807) is 0 Å². The van der Waals surface area contributed by atoms with Gasteiger partial charge >= 0.3 is 12.2 Å². The molecule has 0 bridgehead atoms. The molecule has 1 atom stereocenters. The molecule has 1 aromatic carbocycles. The van der Waals surface area contributed by atoms with Crippen LogP contribution in [-0.4, -0.2) is 54.0 Å². The Bertz CT molecular complexity index is 737. The van der Waals surface area contributed by atoms with Crippen molar-refractivity contribution >= 4 is 12.2 Å². The second-order valence-corrected chi connectivity index (χ2v) is 10.1. The lowest BCUT2D eigenvalue weighted by Gasteiger charge is -2.38. The maximum absolute atomic E-state index is 12.8. The minimum absolute atomic E-state index is 0.0460. The third-order valence-electron chi connectivity index (χ3n) is 4.81. The average Bonchev–Trinajstić information content (AvgIpc) is 2.63. The zero-order valence-corrected chi connectivity index (χ0v) is 19.9. The van der Waals surface area contributed by atoms with E-state index in [4.69, 9.17) is 9.47 Å². The van der Waals surface area contributed by atoms with Crippen molar-refractivity contribution < 1.29 is 19.1 Å². The van der Waals surface area contributed by atoms with Gasteiger partial charge in [-0.15, -0.1) is 0 Å². The molecule has 2 rings (SSSR count). The smallest absolute Gasteiger partial charge is 0.410 e. The lowest BCUT2D eigenvalue weighted by atomic mass is 9.94. The minimum Gasteiger partial charge on any atom is -0.444 e. The number of benzene rings is 1. The van der Waals surface area contributed by atoms with Crippen LogP contribution in [0.25, 0.3) is 0 Å². The van der Waals surface area contributed by atoms with Crippen LogP contribution < -0.4 is 10.6 Å². The van der Waals surface area contributed by atoms with Crippen LogP contribution in [0.4, 0.5) is 9.59 Å². The lowest BCUT2D eigenvalue weighted by molar-refractivity contribution is 0.0119. The molecule has 0 aromatic heterocycles. The molecular formula is C24H39N3O4. The van der Waals surface area contributed by atoms with Crippen molar-refractivity contribution in [2.45, 2.75) is 84.6 Å². The molecule has 174 valence electrons. The number of carbonyl (C=O) groups is 2. The Morgan fingerprint density at radius 3 is 2.23 bits per heavy atom. The van der Waals surface area contributed by atoms with Crippen LogP contribution in [0.2, 0.25) is 0 Å². The van der Waals surface area contributed by atoms with Gasteiger partial charge in [-0.2, -0.15) is 0 Å². The number of alkyl carbamates (subject to hydrolysis) is 1. The van der Waals surface area contributed by atoms with E-state index in [9.17, 15) is 9.59 Å². The van der Waals surface area contributed by atoms with Gasteiger partial charge in [-0.3, -0.25) is 4.90 Å². The Balaban J connectivity index is 1.79. The predicted molar refractivity (Wildman–Crippen MR) is 122 cm³/mol. The quantitative estimate of drug-likeness (QED) is 0.629. The van der Waals surface area contributed by atoms with Crippen LogP contribution in [0, 0.1) is 0 Å². The van der Waals surface area contributed by atoms with Crippen LogP contribution >= 0.6 is 0 Å². The van der Waals surface area contributed by atoms with Crippen molar-refractivity contribution in [3.8, 4) is 0 Å². The zero-order chi connectivity index (χ0) is 23.1. The maximum atomic E-state index is 12.8. The molecular weight excluding hydrogens is 394 g/mol. The van der Waals surface area contributed by atoms with Crippen LogP contribution in [0.5, 0.6) is 0 Å². The molecule has 7 nitrogen and oxygen atoms in total. The van der Waals surface area contributed by atoms with Crippen LogP contribution in [0.3, 0.4) is 0 Å². The summed E-state index contributed by atoms with van der Waals surface area (Å²) in [4.78, 5) is 26.3. The second kappa shape index (κ2) is 10.8. The van der Waals surface area contributed by atoms with E-state index in [-0.39, 0.29) is 18.2 Å². The molecule has 0 spiro atoms. The highest BCUT2D eigenvalue weighted by Gasteiger charge is 2.32. The molecule has 2 N–H and O–H groups in total. The molecule has 0 saturated carbocycles. The Labute approximate surface area is 186 Å². The van der Waals surface area contributed by atoms with E-state index in [0.717, 1.165) is 25.8 Å². The van der Waals surface area contributed by atoms with Gasteiger partial charge in [0.15, 0.2) is 0 Å². The molecule has 1 aliphatic heterocycles. The first kappa shape index (κ1) is 25.0. The van der Waals surface area contributed by atoms with Gasteiger partial charge in [0.2, 0.25) is 0 Å². The standard InChI is InChI=1S/C24H39N3O4/c1-23(2,3)30-21(28)26-14-10-9-13-25-16-20-15-18-11-7-8-12-19(18)17-27(20)22(29)31-24(4,5)6/h7-8,11-12,20,25H,9-10,13-17H2,1-6H3,(H,26,28). The number of fused-ring (bicyclic) bond motifs is 1. The summed E-state index contributed by atoms with van der Waals surface area (Å²) in [6, 6.07) is 8.32. The molecule has 7 heteroatoms. The van der Waals surface area contributed by atoms with Gasteiger partial charge in [-0.1, -0.05) is 24.3 Å². The fourth-order valence-electron chi connectivity index (χ4n) is 3.45. The molecule has 0 saturated heterocycles. The second-order valence-electron chi connectivity index (χ2n) is 10.1. The molecule has 1 heterocycles. The topological polar surface area (TPSA) is 79.9 Å². The van der Waals surface area contributed by atoms with Crippen LogP contribution in [-0.2, 0) is 22.4 Å². The molecule has 2 amide bonds. The monoisotopic (exact) mass is 433 g/mol. The van der Waals surface area contributed by atoms with Crippen LogP contribution in [0.1, 0.15) is 65.5 Å². The molecule has 1 aliphatic rings. The molecule has 1 aromatic rings. The summed E-state index contributed by atoms with van der Waals surface area (Å²) in [7, 11) is 0. The minimum atomic E-state index is -0.521. The molecule has 31 heavy (non-hydrogen) atoms. The number of rotatable bonds is 7. The first-order valence-corrected chi connectivity index (χ1v) is 11.2. The highest BCUT2D eigenvalue weighted by atomic mass is 16.6. The van der Waals surface area contributed by atoms with Crippen molar-refractivity contribution in [3.63, 3.8) is 0 Å². The summed E-state index contributed by atoms with van der Waals surface area (Å²) in [5, 5.41) is 6.24. The Morgan fingerprint density at radius 2 is 1.58 bits per heavy atom. The normalized spacial score (nSPS) is 16.5. The number of hydrogen-bond acceptors (Lipinski definition) is 5. The number of amides is 2. The van der Waals surface area contributed by atoms with E-state index in [0.29, 0.717) is 19.6 Å². The number of hydrogen-bond donors (Lipinski definition) is 2. The first-order chi connectivity index (χ1) is 14.4. The summed E-state index contributed by atoms with van der Waals surface area (Å²) >= 11 is 0. The SMILES string of the molecule is CC(C)(C)OC(=O)NCCCCNCC1Cc2ccccc2CN1C(=O)OC(C)(C)C. The fourth-order valence-corrected chi connectivity index (χ4v) is 3.45. The van der Waals surface area contributed by atoms with E-state index in [1.807, 2.05) is 58.6 Å². The summed E-state index contributed by atoms with van der Waals surface area (Å²) in [6.45, 7) is 13.9. The molecule has 0 aliphatic carbocycles. The number of ether oxygens (including phenoxy) is 2. The van der Waals surface area contributed by atoms with Crippen molar-refractivity contribution in [2.75, 3.05) is 19.6 Å². The van der Waals surface area contributed by atoms with Gasteiger partial charge in [0.25, 0.3) is 0 Å². The van der Waals surface area contributed by atoms with Crippen LogP contribution in [0.15, 0.2) is 24.3 Å². The summed E-state index contributed by atoms with van der Waals surface area (Å²) in [5.74, 6) is 0. The summed E-state index contributed by atoms with van der Waals surface area (Å²) < 4.78 is 10.9. The largest absolute Gasteiger partial charge is 0.444 e. The van der Waals surface area contributed by atoms with E-state index in [2.05, 4.69) is 22.8 Å². The lowest BCUT2D eigenvalue weighted by Crippen LogP contribution is -2.50. The van der Waals surface area contributed by atoms with Crippen molar-refractivity contribution in [2.24, 2.45) is 0 Å². The fraction of sp³-hybridized carbons (Fsp3) is 0.667. The van der Waals surface area contributed by atoms with E-state index >= 15 is 0 Å². The summed E-state index contributed by atoms with van der Waals surface area (Å²) in [6.07, 6.45) is 1.94. The molecule has 1 unspecified atom stereocenters. The van der Waals surface area contributed by atoms with Gasteiger partial charge in [0.1, 0.15) is 11.2 Å². The van der Waals surface area contributed by atoms with E-state index < -0.39 is 11.2 Å². The highest BCUT2D eigenvalue weighted by Crippen LogP contribution is 2.25. The zero-order valence-electron chi connectivity index (χ0n) is 19.9. The number of carbonyl (C=O) groups excluding carboxylic acids is 2. The van der Waals surface area contributed by atoms with Crippen molar-refractivity contribution in [3.05, 3.63) is 35.4 Å². The average molecular weight is 434 g/mol. The molecule has 0 fully saturated rings. The predicted octanol–water partition coefficient (Wildman–Crippen LogP) is 4.24. The van der Waals surface area contributed by atoms with Crippen molar-refractivity contribution in [1.82, 2.24) is 15.5 Å². The third kappa shape index (κ3) is 9.17. The maximum Gasteiger partial charge on any atom is 0.410 e. The van der Waals surface area contributed by atoms with Gasteiger partial charge < -0.3 is 20.1 Å². The Morgan fingerprint density at radius 1 is 0.968 bits per heavy atom. The Hall–Kier alpha value is -2.28. The third-order valence-corrected chi connectivity index (χ3v) is 4.81. The van der Waals surface area contributed by atoms with Crippen molar-refractivity contribution in [1.29, 1.82) is 0 Å². The number of unbranched alkanes of at least 4 members (excludes halogenated alkanes) is 1. The first-order valence-electron chi connectivity index (χ1n) is 11.2. The Kier molecular flexibility index (Phi) is 8.74. The van der Waals surface area contributed by atoms with Gasteiger partial charge in [0, 0.05) is 19.6 Å². The van der Waals surface area contributed by atoms with Gasteiger partial charge in [0.05, 0.1) is 6.04 Å². The van der Waals surface area contributed by atoms with Gasteiger partial charge in [-0.05, 0) is 78.5 Å². The number of nitrogens with zero attached hydrogens (tertiary/aromatic N) is 1. The number of nitrogens with one attached hydrogen (secondary N) is 2. The summed E-state index contributed by atoms with van der Waals surface area (Å²) in [5.41, 5.74) is 1.46. The highest BCUT2D eigenvalue weighted by molar-refractivity contribution is 5.69. The van der Waals surface area contributed by atoms with E-state index in [1.165, 1.54) is 11.1 Å². The van der Waals surface area contributed by atoms with Gasteiger partial charge in [-0.25, -0.2) is 9.59 Å².